The smallest absolute Gasteiger partial charge is 0.128 e. The molecule has 3 aromatic rings. The van der Waals surface area contributed by atoms with Crippen molar-refractivity contribution in [3.8, 4) is 11.8 Å². The van der Waals surface area contributed by atoms with Crippen LogP contribution in [0.4, 0.5) is 0 Å². The van der Waals surface area contributed by atoms with Gasteiger partial charge >= 0.3 is 0 Å². The Morgan fingerprint density at radius 1 is 1.04 bits per heavy atom. The Balaban J connectivity index is 1.61. The highest BCUT2D eigenvalue weighted by Crippen LogP contribution is 2.18. The maximum absolute atomic E-state index is 8.99. The summed E-state index contributed by atoms with van der Waals surface area (Å²) in [7, 11) is 0. The molecule has 5 heteroatoms. The van der Waals surface area contributed by atoms with E-state index in [0.717, 1.165) is 22.4 Å². The summed E-state index contributed by atoms with van der Waals surface area (Å²) in [6.45, 7) is 0.924. The van der Waals surface area contributed by atoms with Gasteiger partial charge in [-0.25, -0.2) is 0 Å². The fourth-order valence-corrected chi connectivity index (χ4v) is 2.70. The Hall–Kier alpha value is -3.29. The van der Waals surface area contributed by atoms with E-state index in [1.807, 2.05) is 66.7 Å². The molecule has 0 aliphatic heterocycles. The van der Waals surface area contributed by atoms with E-state index in [0.29, 0.717) is 23.7 Å². The van der Waals surface area contributed by atoms with Crippen LogP contribution in [0.15, 0.2) is 77.9 Å². The molecule has 0 saturated carbocycles. The van der Waals surface area contributed by atoms with Crippen LogP contribution in [0, 0.1) is 11.3 Å². The largest absolute Gasteiger partial charge is 0.488 e. The third-order valence-electron chi connectivity index (χ3n) is 3.89. The summed E-state index contributed by atoms with van der Waals surface area (Å²) in [4.78, 5) is 0. The van der Waals surface area contributed by atoms with E-state index in [1.165, 1.54) is 0 Å². The maximum Gasteiger partial charge on any atom is 0.128 e. The van der Waals surface area contributed by atoms with Crippen molar-refractivity contribution >= 4 is 17.8 Å². The van der Waals surface area contributed by atoms with Gasteiger partial charge in [0, 0.05) is 10.6 Å². The van der Waals surface area contributed by atoms with Gasteiger partial charge in [0.05, 0.1) is 24.4 Å². The number of benzene rings is 3. The predicted molar refractivity (Wildman–Crippen MR) is 108 cm³/mol. The van der Waals surface area contributed by atoms with Crippen molar-refractivity contribution in [1.82, 2.24) is 5.43 Å². The number of rotatable bonds is 7. The van der Waals surface area contributed by atoms with Gasteiger partial charge in [0.25, 0.3) is 0 Å². The van der Waals surface area contributed by atoms with Gasteiger partial charge in [-0.15, -0.1) is 0 Å². The lowest BCUT2D eigenvalue weighted by molar-refractivity contribution is 0.306. The van der Waals surface area contributed by atoms with Crippen LogP contribution in [0.1, 0.15) is 22.3 Å². The third-order valence-corrected chi connectivity index (χ3v) is 4.26. The van der Waals surface area contributed by atoms with Crippen LogP contribution in [-0.4, -0.2) is 6.21 Å². The molecule has 0 fully saturated rings. The molecule has 0 amide bonds. The second-order valence-corrected chi connectivity index (χ2v) is 6.23. The Morgan fingerprint density at radius 2 is 1.85 bits per heavy atom. The Morgan fingerprint density at radius 3 is 2.70 bits per heavy atom. The third kappa shape index (κ3) is 5.34. The SMILES string of the molecule is N#Cc1cccc(COc2ccccc2/C=N\NCc2ccccc2Cl)c1. The molecule has 3 aromatic carbocycles. The van der Waals surface area contributed by atoms with Crippen LogP contribution in [0.25, 0.3) is 0 Å². The number of hydrazone groups is 1. The first kappa shape index (κ1) is 18.5. The molecule has 0 aliphatic rings. The van der Waals surface area contributed by atoms with Gasteiger partial charge in [-0.1, -0.05) is 54.1 Å². The summed E-state index contributed by atoms with van der Waals surface area (Å²) in [5.41, 5.74) is 6.41. The number of nitrogens with zero attached hydrogens (tertiary/aromatic N) is 2. The molecule has 134 valence electrons. The van der Waals surface area contributed by atoms with E-state index in [1.54, 1.807) is 12.3 Å². The molecule has 3 rings (SSSR count). The maximum atomic E-state index is 8.99. The highest BCUT2D eigenvalue weighted by Gasteiger charge is 2.02. The van der Waals surface area contributed by atoms with Crippen LogP contribution in [-0.2, 0) is 13.2 Å². The molecule has 0 bridgehead atoms. The minimum atomic E-state index is 0.382. The van der Waals surface area contributed by atoms with Crippen LogP contribution in [0.2, 0.25) is 5.02 Å². The van der Waals surface area contributed by atoms with Gasteiger partial charge in [-0.05, 0) is 41.5 Å². The highest BCUT2D eigenvalue weighted by molar-refractivity contribution is 6.31. The van der Waals surface area contributed by atoms with Crippen molar-refractivity contribution < 1.29 is 4.74 Å². The number of hydrogen-bond donors (Lipinski definition) is 1. The molecule has 27 heavy (non-hydrogen) atoms. The van der Waals surface area contributed by atoms with E-state index in [4.69, 9.17) is 21.6 Å². The van der Waals surface area contributed by atoms with Crippen LogP contribution in [0.5, 0.6) is 5.75 Å². The van der Waals surface area contributed by atoms with Crippen molar-refractivity contribution in [2.45, 2.75) is 13.2 Å². The number of hydrogen-bond acceptors (Lipinski definition) is 4. The zero-order chi connectivity index (χ0) is 18.9. The number of nitriles is 1. The zero-order valence-corrected chi connectivity index (χ0v) is 15.4. The number of ether oxygens (including phenoxy) is 1. The lowest BCUT2D eigenvalue weighted by Crippen LogP contribution is -2.06. The monoisotopic (exact) mass is 375 g/mol. The first-order valence-electron chi connectivity index (χ1n) is 8.46. The normalized spacial score (nSPS) is 10.5. The summed E-state index contributed by atoms with van der Waals surface area (Å²) in [6.07, 6.45) is 1.72. The quantitative estimate of drug-likeness (QED) is 0.471. The van der Waals surface area contributed by atoms with Crippen molar-refractivity contribution in [2.24, 2.45) is 5.10 Å². The minimum absolute atomic E-state index is 0.382. The van der Waals surface area contributed by atoms with Crippen molar-refractivity contribution in [1.29, 1.82) is 5.26 Å². The van der Waals surface area contributed by atoms with E-state index in [2.05, 4.69) is 16.6 Å². The van der Waals surface area contributed by atoms with Crippen LogP contribution >= 0.6 is 11.6 Å². The molecule has 0 aliphatic carbocycles. The molecule has 0 heterocycles. The lowest BCUT2D eigenvalue weighted by Gasteiger charge is -2.09. The van der Waals surface area contributed by atoms with Crippen LogP contribution < -0.4 is 10.2 Å². The molecule has 1 N–H and O–H groups in total. The van der Waals surface area contributed by atoms with E-state index in [-0.39, 0.29) is 0 Å². The highest BCUT2D eigenvalue weighted by atomic mass is 35.5. The van der Waals surface area contributed by atoms with E-state index < -0.39 is 0 Å². The molecule has 4 nitrogen and oxygen atoms in total. The molecule has 0 saturated heterocycles. The molecule has 0 unspecified atom stereocenters. The fourth-order valence-electron chi connectivity index (χ4n) is 2.50. The number of halogens is 1. The molecule has 0 atom stereocenters. The van der Waals surface area contributed by atoms with Gasteiger partial charge < -0.3 is 10.2 Å². The number of nitrogens with one attached hydrogen (secondary N) is 1. The second kappa shape index (κ2) is 9.42. The lowest BCUT2D eigenvalue weighted by atomic mass is 10.1. The topological polar surface area (TPSA) is 57.4 Å². The molecule has 0 radical (unpaired) electrons. The molecule has 0 aromatic heterocycles. The second-order valence-electron chi connectivity index (χ2n) is 5.82. The van der Waals surface area contributed by atoms with Gasteiger partial charge in [0.2, 0.25) is 0 Å². The fraction of sp³-hybridized carbons (Fsp3) is 0.0909. The average Bonchev–Trinajstić information content (AvgIpc) is 2.71. The molecular formula is C22H18ClN3O. The predicted octanol–water partition coefficient (Wildman–Crippen LogP) is 4.91. The Bertz CT molecular complexity index is 979. The standard InChI is InChI=1S/C22H18ClN3O/c23-21-10-3-1-8-19(21)14-25-26-15-20-9-2-4-11-22(20)27-16-18-7-5-6-17(12-18)13-24/h1-12,15,25H,14,16H2/b26-15-. The van der Waals surface area contributed by atoms with Gasteiger partial charge in [-0.3, -0.25) is 0 Å². The van der Waals surface area contributed by atoms with Crippen molar-refractivity contribution in [3.63, 3.8) is 0 Å². The van der Waals surface area contributed by atoms with Crippen molar-refractivity contribution in [2.75, 3.05) is 0 Å². The number of para-hydroxylation sites is 1. The van der Waals surface area contributed by atoms with Gasteiger partial charge in [-0.2, -0.15) is 10.4 Å². The summed E-state index contributed by atoms with van der Waals surface area (Å²) in [6, 6.07) is 24.8. The van der Waals surface area contributed by atoms with E-state index >= 15 is 0 Å². The minimum Gasteiger partial charge on any atom is -0.488 e. The first-order valence-corrected chi connectivity index (χ1v) is 8.84. The van der Waals surface area contributed by atoms with Crippen molar-refractivity contribution in [3.05, 3.63) is 100 Å². The molecular weight excluding hydrogens is 358 g/mol. The summed E-state index contributed by atoms with van der Waals surface area (Å²) >= 11 is 6.13. The Labute approximate surface area is 163 Å². The van der Waals surface area contributed by atoms with Crippen LogP contribution in [0.3, 0.4) is 0 Å². The Kier molecular flexibility index (Phi) is 6.45. The zero-order valence-electron chi connectivity index (χ0n) is 14.6. The van der Waals surface area contributed by atoms with E-state index in [9.17, 15) is 0 Å². The molecule has 0 spiro atoms. The summed E-state index contributed by atoms with van der Waals surface area (Å²) < 4.78 is 5.91. The van der Waals surface area contributed by atoms with Gasteiger partial charge in [0.15, 0.2) is 0 Å². The average molecular weight is 376 g/mol. The summed E-state index contributed by atoms with van der Waals surface area (Å²) in [5.74, 6) is 0.725. The van der Waals surface area contributed by atoms with Gasteiger partial charge in [0.1, 0.15) is 12.4 Å². The summed E-state index contributed by atoms with van der Waals surface area (Å²) in [5, 5.41) is 14.0. The first-order chi connectivity index (χ1) is 13.3.